The summed E-state index contributed by atoms with van der Waals surface area (Å²) in [4.78, 5) is 12.1. The number of amides is 1. The summed E-state index contributed by atoms with van der Waals surface area (Å²) in [5, 5.41) is 3.22. The summed E-state index contributed by atoms with van der Waals surface area (Å²) in [5.41, 5.74) is 5.64. The molecule has 3 N–H and O–H groups in total. The summed E-state index contributed by atoms with van der Waals surface area (Å²) in [6.45, 7) is 5.12. The lowest BCUT2D eigenvalue weighted by Crippen LogP contribution is -2.38. The standard InChI is InChI=1S/C17H34N2O/c1-3-7-15(12-13-18)10-11-17(20)19-14(2)16-8-5-4-6-9-16/h14-16H,3-13,18H2,1-2H3,(H,19,20)/t14-,15?/m1/s1. The van der Waals surface area contributed by atoms with E-state index >= 15 is 0 Å². The lowest BCUT2D eigenvalue weighted by atomic mass is 9.84. The van der Waals surface area contributed by atoms with Crippen LogP contribution in [0.15, 0.2) is 0 Å². The maximum atomic E-state index is 12.1. The van der Waals surface area contributed by atoms with Crippen LogP contribution in [-0.2, 0) is 4.79 Å². The fourth-order valence-electron chi connectivity index (χ4n) is 3.49. The summed E-state index contributed by atoms with van der Waals surface area (Å²) < 4.78 is 0. The molecule has 0 aromatic heterocycles. The van der Waals surface area contributed by atoms with Crippen molar-refractivity contribution in [2.45, 2.75) is 84.1 Å². The van der Waals surface area contributed by atoms with Crippen molar-refractivity contribution in [3.63, 3.8) is 0 Å². The topological polar surface area (TPSA) is 55.1 Å². The molecular weight excluding hydrogens is 248 g/mol. The van der Waals surface area contributed by atoms with E-state index in [4.69, 9.17) is 5.73 Å². The van der Waals surface area contributed by atoms with E-state index in [9.17, 15) is 4.79 Å². The van der Waals surface area contributed by atoms with E-state index in [2.05, 4.69) is 19.2 Å². The average molecular weight is 282 g/mol. The molecule has 1 amide bonds. The van der Waals surface area contributed by atoms with Crippen LogP contribution in [0.3, 0.4) is 0 Å². The van der Waals surface area contributed by atoms with Crippen molar-refractivity contribution in [2.24, 2.45) is 17.6 Å². The Hall–Kier alpha value is -0.570. The molecule has 0 spiro atoms. The maximum Gasteiger partial charge on any atom is 0.220 e. The smallest absolute Gasteiger partial charge is 0.220 e. The van der Waals surface area contributed by atoms with Crippen LogP contribution in [0.25, 0.3) is 0 Å². The van der Waals surface area contributed by atoms with E-state index in [1.54, 1.807) is 0 Å². The van der Waals surface area contributed by atoms with Gasteiger partial charge in [-0.25, -0.2) is 0 Å². The monoisotopic (exact) mass is 282 g/mol. The molecule has 1 rings (SSSR count). The molecule has 0 aliphatic heterocycles. The van der Waals surface area contributed by atoms with Crippen LogP contribution in [0, 0.1) is 11.8 Å². The van der Waals surface area contributed by atoms with Crippen molar-refractivity contribution in [3.05, 3.63) is 0 Å². The van der Waals surface area contributed by atoms with Crippen molar-refractivity contribution in [3.8, 4) is 0 Å². The molecule has 1 saturated carbocycles. The van der Waals surface area contributed by atoms with Gasteiger partial charge in [0.05, 0.1) is 0 Å². The van der Waals surface area contributed by atoms with E-state index in [1.165, 1.54) is 44.9 Å². The molecule has 20 heavy (non-hydrogen) atoms. The van der Waals surface area contributed by atoms with Gasteiger partial charge in [0, 0.05) is 12.5 Å². The Labute approximate surface area is 125 Å². The Bertz CT molecular complexity index is 256. The Kier molecular flexibility index (Phi) is 8.92. The first-order valence-electron chi connectivity index (χ1n) is 8.66. The molecule has 0 aromatic carbocycles. The van der Waals surface area contributed by atoms with Gasteiger partial charge in [0.15, 0.2) is 0 Å². The van der Waals surface area contributed by atoms with Crippen LogP contribution in [0.4, 0.5) is 0 Å². The molecular formula is C17H34N2O. The van der Waals surface area contributed by atoms with Gasteiger partial charge in [-0.3, -0.25) is 4.79 Å². The average Bonchev–Trinajstić information content (AvgIpc) is 2.46. The highest BCUT2D eigenvalue weighted by molar-refractivity contribution is 5.76. The van der Waals surface area contributed by atoms with Crippen molar-refractivity contribution in [1.29, 1.82) is 0 Å². The molecule has 3 heteroatoms. The minimum absolute atomic E-state index is 0.237. The third kappa shape index (κ3) is 6.74. The number of nitrogens with two attached hydrogens (primary N) is 1. The van der Waals surface area contributed by atoms with Gasteiger partial charge in [0.25, 0.3) is 0 Å². The highest BCUT2D eigenvalue weighted by Crippen LogP contribution is 2.26. The molecule has 0 heterocycles. The predicted molar refractivity (Wildman–Crippen MR) is 85.5 cm³/mol. The fourth-order valence-corrected chi connectivity index (χ4v) is 3.49. The summed E-state index contributed by atoms with van der Waals surface area (Å²) >= 11 is 0. The third-order valence-electron chi connectivity index (χ3n) is 4.80. The molecule has 0 aromatic rings. The summed E-state index contributed by atoms with van der Waals surface area (Å²) in [6, 6.07) is 0.349. The molecule has 0 radical (unpaired) electrons. The van der Waals surface area contributed by atoms with Gasteiger partial charge in [-0.15, -0.1) is 0 Å². The van der Waals surface area contributed by atoms with E-state index in [1.807, 2.05) is 0 Å². The molecule has 1 aliphatic carbocycles. The van der Waals surface area contributed by atoms with Crippen molar-refractivity contribution in [2.75, 3.05) is 6.54 Å². The van der Waals surface area contributed by atoms with E-state index in [0.29, 0.717) is 24.3 Å². The van der Waals surface area contributed by atoms with Crippen LogP contribution < -0.4 is 11.1 Å². The SMILES string of the molecule is CCCC(CCN)CCC(=O)N[C@H](C)C1CCCCC1. The van der Waals surface area contributed by atoms with Gasteiger partial charge < -0.3 is 11.1 Å². The first-order chi connectivity index (χ1) is 9.67. The van der Waals surface area contributed by atoms with E-state index in [-0.39, 0.29) is 5.91 Å². The summed E-state index contributed by atoms with van der Waals surface area (Å²) in [6.07, 6.45) is 11.7. The second kappa shape index (κ2) is 10.2. The van der Waals surface area contributed by atoms with Crippen molar-refractivity contribution in [1.82, 2.24) is 5.32 Å². The lowest BCUT2D eigenvalue weighted by molar-refractivity contribution is -0.122. The van der Waals surface area contributed by atoms with Gasteiger partial charge in [-0.05, 0) is 51.0 Å². The fraction of sp³-hybridized carbons (Fsp3) is 0.941. The minimum Gasteiger partial charge on any atom is -0.353 e. The molecule has 3 nitrogen and oxygen atoms in total. The highest BCUT2D eigenvalue weighted by atomic mass is 16.1. The number of carbonyl (C=O) groups is 1. The number of carbonyl (C=O) groups excluding carboxylic acids is 1. The predicted octanol–water partition coefficient (Wildman–Crippen LogP) is 3.62. The van der Waals surface area contributed by atoms with Crippen LogP contribution >= 0.6 is 0 Å². The molecule has 2 atom stereocenters. The van der Waals surface area contributed by atoms with Crippen molar-refractivity contribution < 1.29 is 4.79 Å². The lowest BCUT2D eigenvalue weighted by Gasteiger charge is -2.28. The van der Waals surface area contributed by atoms with Crippen molar-refractivity contribution >= 4 is 5.91 Å². The van der Waals surface area contributed by atoms with Gasteiger partial charge in [0.2, 0.25) is 5.91 Å². The Morgan fingerprint density at radius 3 is 2.50 bits per heavy atom. The van der Waals surface area contributed by atoms with Gasteiger partial charge >= 0.3 is 0 Å². The zero-order valence-electron chi connectivity index (χ0n) is 13.5. The molecule has 1 unspecified atom stereocenters. The number of rotatable bonds is 9. The van der Waals surface area contributed by atoms with E-state index in [0.717, 1.165) is 19.4 Å². The minimum atomic E-state index is 0.237. The zero-order chi connectivity index (χ0) is 14.8. The van der Waals surface area contributed by atoms with Crippen LogP contribution in [0.1, 0.15) is 78.1 Å². The Morgan fingerprint density at radius 1 is 1.20 bits per heavy atom. The quantitative estimate of drug-likeness (QED) is 0.678. The van der Waals surface area contributed by atoms with E-state index < -0.39 is 0 Å². The first kappa shape index (κ1) is 17.5. The molecule has 0 saturated heterocycles. The molecule has 118 valence electrons. The zero-order valence-corrected chi connectivity index (χ0v) is 13.5. The highest BCUT2D eigenvalue weighted by Gasteiger charge is 2.21. The largest absolute Gasteiger partial charge is 0.353 e. The van der Waals surface area contributed by atoms with Gasteiger partial charge in [-0.2, -0.15) is 0 Å². The van der Waals surface area contributed by atoms with Crippen LogP contribution in [0.2, 0.25) is 0 Å². The molecule has 1 fully saturated rings. The first-order valence-corrected chi connectivity index (χ1v) is 8.66. The second-order valence-electron chi connectivity index (χ2n) is 6.53. The molecule has 0 bridgehead atoms. The third-order valence-corrected chi connectivity index (χ3v) is 4.80. The van der Waals surface area contributed by atoms with Gasteiger partial charge in [-0.1, -0.05) is 39.0 Å². The van der Waals surface area contributed by atoms with Crippen LogP contribution in [-0.4, -0.2) is 18.5 Å². The van der Waals surface area contributed by atoms with Gasteiger partial charge in [0.1, 0.15) is 0 Å². The molecule has 1 aliphatic rings. The van der Waals surface area contributed by atoms with Crippen LogP contribution in [0.5, 0.6) is 0 Å². The number of hydrogen-bond donors (Lipinski definition) is 2. The Morgan fingerprint density at radius 2 is 1.90 bits per heavy atom. The normalized spacial score (nSPS) is 19.6. The number of nitrogens with one attached hydrogen (secondary N) is 1. The number of hydrogen-bond acceptors (Lipinski definition) is 2. The maximum absolute atomic E-state index is 12.1. The summed E-state index contributed by atoms with van der Waals surface area (Å²) in [5.74, 6) is 1.56. The Balaban J connectivity index is 2.23. The summed E-state index contributed by atoms with van der Waals surface area (Å²) in [7, 11) is 0. The second-order valence-corrected chi connectivity index (χ2v) is 6.53.